The smallest absolute Gasteiger partial charge is 0.169 e. The molecule has 0 aliphatic heterocycles. The van der Waals surface area contributed by atoms with E-state index in [2.05, 4.69) is 28.0 Å². The minimum absolute atomic E-state index is 0.137. The summed E-state index contributed by atoms with van der Waals surface area (Å²) in [7, 11) is 1.88. The summed E-state index contributed by atoms with van der Waals surface area (Å²) in [6, 6.07) is 5.86. The Hall–Kier alpha value is -1.42. The Kier molecular flexibility index (Phi) is 4.43. The Balaban J connectivity index is 2.33. The average molecular weight is 335 g/mol. The van der Waals surface area contributed by atoms with Crippen molar-refractivity contribution >= 4 is 21.7 Å². The third kappa shape index (κ3) is 2.70. The lowest BCUT2D eigenvalue weighted by atomic mass is 9.98. The minimum atomic E-state index is 0.137. The topological polar surface area (TPSA) is 34.9 Å². The van der Waals surface area contributed by atoms with E-state index in [1.165, 1.54) is 0 Å². The number of carbonyl (C=O) groups excluding carboxylic acids is 1. The van der Waals surface area contributed by atoms with Gasteiger partial charge in [-0.05, 0) is 47.3 Å². The largest absolute Gasteiger partial charge is 0.294 e. The normalized spacial score (nSPS) is 10.8. The van der Waals surface area contributed by atoms with Crippen LogP contribution in [-0.2, 0) is 19.9 Å². The van der Waals surface area contributed by atoms with Crippen molar-refractivity contribution in [3.05, 3.63) is 50.8 Å². The Morgan fingerprint density at radius 3 is 2.65 bits per heavy atom. The number of aryl methyl sites for hydroxylation is 3. The predicted octanol–water partition coefficient (Wildman–Crippen LogP) is 3.79. The fraction of sp³-hybridized carbons (Fsp3) is 0.375. The van der Waals surface area contributed by atoms with E-state index in [1.54, 1.807) is 4.68 Å². The summed E-state index contributed by atoms with van der Waals surface area (Å²) in [6.45, 7) is 6.09. The molecule has 0 aliphatic rings. The second-order valence-corrected chi connectivity index (χ2v) is 5.82. The molecule has 0 saturated carbocycles. The number of nitrogens with zero attached hydrogens (tertiary/aromatic N) is 2. The van der Waals surface area contributed by atoms with Gasteiger partial charge in [0.1, 0.15) is 0 Å². The maximum Gasteiger partial charge on any atom is 0.169 e. The summed E-state index contributed by atoms with van der Waals surface area (Å²) >= 11 is 3.56. The van der Waals surface area contributed by atoms with Gasteiger partial charge in [0.25, 0.3) is 0 Å². The van der Waals surface area contributed by atoms with Gasteiger partial charge in [0.15, 0.2) is 5.78 Å². The van der Waals surface area contributed by atoms with Crippen molar-refractivity contribution in [3.8, 4) is 0 Å². The highest BCUT2D eigenvalue weighted by atomic mass is 79.9. The van der Waals surface area contributed by atoms with Crippen LogP contribution in [-0.4, -0.2) is 15.6 Å². The average Bonchev–Trinajstić information content (AvgIpc) is 2.69. The molecule has 0 aliphatic carbocycles. The summed E-state index contributed by atoms with van der Waals surface area (Å²) in [6.07, 6.45) is 1.22. The Bertz CT molecular complexity index is 659. The fourth-order valence-electron chi connectivity index (χ4n) is 2.31. The van der Waals surface area contributed by atoms with Gasteiger partial charge in [-0.15, -0.1) is 0 Å². The van der Waals surface area contributed by atoms with Gasteiger partial charge in [-0.3, -0.25) is 9.48 Å². The van der Waals surface area contributed by atoms with Gasteiger partial charge < -0.3 is 0 Å². The first-order chi connectivity index (χ1) is 9.45. The standard InChI is InChI=1S/C16H19BrN2O/c1-5-13-16(17)14(19(4)18-13)9-15(20)12-8-6-7-10(2)11(12)3/h6-8H,5,9H2,1-4H3. The van der Waals surface area contributed by atoms with Crippen LogP contribution >= 0.6 is 15.9 Å². The molecule has 106 valence electrons. The van der Waals surface area contributed by atoms with Gasteiger partial charge in [-0.1, -0.05) is 25.1 Å². The van der Waals surface area contributed by atoms with Crippen molar-refractivity contribution in [1.82, 2.24) is 9.78 Å². The zero-order valence-electron chi connectivity index (χ0n) is 12.3. The van der Waals surface area contributed by atoms with E-state index in [0.717, 1.165) is 39.0 Å². The quantitative estimate of drug-likeness (QED) is 0.797. The number of rotatable bonds is 4. The summed E-state index contributed by atoms with van der Waals surface area (Å²) in [5.74, 6) is 0.137. The zero-order chi connectivity index (χ0) is 14.9. The first-order valence-corrected chi connectivity index (χ1v) is 7.54. The van der Waals surface area contributed by atoms with Crippen LogP contribution in [0.1, 0.15) is 39.8 Å². The molecule has 2 aromatic rings. The second kappa shape index (κ2) is 5.92. The number of Topliss-reactive ketones (excluding diaryl/α,β-unsaturated/α-hetero) is 1. The van der Waals surface area contributed by atoms with E-state index < -0.39 is 0 Å². The van der Waals surface area contributed by atoms with Crippen molar-refractivity contribution < 1.29 is 4.79 Å². The highest BCUT2D eigenvalue weighted by Gasteiger charge is 2.18. The Labute approximate surface area is 128 Å². The number of hydrogen-bond acceptors (Lipinski definition) is 2. The Morgan fingerprint density at radius 2 is 2.05 bits per heavy atom. The first kappa shape index (κ1) is 15.0. The summed E-state index contributed by atoms with van der Waals surface area (Å²) in [5.41, 5.74) is 4.95. The van der Waals surface area contributed by atoms with Gasteiger partial charge in [-0.2, -0.15) is 5.10 Å². The van der Waals surface area contributed by atoms with Crippen molar-refractivity contribution in [2.24, 2.45) is 7.05 Å². The molecule has 4 heteroatoms. The summed E-state index contributed by atoms with van der Waals surface area (Å²) in [4.78, 5) is 12.5. The molecule has 1 heterocycles. The SMILES string of the molecule is CCc1nn(C)c(CC(=O)c2cccc(C)c2C)c1Br. The van der Waals surface area contributed by atoms with Gasteiger partial charge in [0, 0.05) is 12.6 Å². The van der Waals surface area contributed by atoms with Crippen LogP contribution in [0.15, 0.2) is 22.7 Å². The lowest BCUT2D eigenvalue weighted by Crippen LogP contribution is -2.10. The minimum Gasteiger partial charge on any atom is -0.294 e. The molecule has 3 nitrogen and oxygen atoms in total. The van der Waals surface area contributed by atoms with Gasteiger partial charge >= 0.3 is 0 Å². The van der Waals surface area contributed by atoms with E-state index >= 15 is 0 Å². The van der Waals surface area contributed by atoms with Crippen LogP contribution in [0.25, 0.3) is 0 Å². The fourth-order valence-corrected chi connectivity index (χ4v) is 3.07. The number of halogens is 1. The summed E-state index contributed by atoms with van der Waals surface area (Å²) < 4.78 is 2.76. The zero-order valence-corrected chi connectivity index (χ0v) is 13.9. The molecule has 20 heavy (non-hydrogen) atoms. The van der Waals surface area contributed by atoms with E-state index in [9.17, 15) is 4.79 Å². The maximum atomic E-state index is 12.5. The van der Waals surface area contributed by atoms with Crippen molar-refractivity contribution in [2.75, 3.05) is 0 Å². The molecular weight excluding hydrogens is 316 g/mol. The molecule has 0 unspecified atom stereocenters. The van der Waals surface area contributed by atoms with Crippen LogP contribution in [0.2, 0.25) is 0 Å². The molecule has 0 radical (unpaired) electrons. The molecule has 0 atom stereocenters. The van der Waals surface area contributed by atoms with Crippen molar-refractivity contribution in [2.45, 2.75) is 33.6 Å². The van der Waals surface area contributed by atoms with Crippen LogP contribution in [0.3, 0.4) is 0 Å². The lowest BCUT2D eigenvalue weighted by molar-refractivity contribution is 0.0990. The number of aromatic nitrogens is 2. The molecule has 0 fully saturated rings. The van der Waals surface area contributed by atoms with Gasteiger partial charge in [-0.25, -0.2) is 0 Å². The lowest BCUT2D eigenvalue weighted by Gasteiger charge is -2.08. The molecule has 0 spiro atoms. The summed E-state index contributed by atoms with van der Waals surface area (Å²) in [5, 5.41) is 4.43. The van der Waals surface area contributed by atoms with Crippen LogP contribution < -0.4 is 0 Å². The third-order valence-corrected chi connectivity index (χ3v) is 4.65. The van der Waals surface area contributed by atoms with E-state index in [4.69, 9.17) is 0 Å². The van der Waals surface area contributed by atoms with E-state index in [-0.39, 0.29) is 5.78 Å². The van der Waals surface area contributed by atoms with E-state index in [1.807, 2.05) is 39.1 Å². The predicted molar refractivity (Wildman–Crippen MR) is 84.2 cm³/mol. The van der Waals surface area contributed by atoms with Crippen LogP contribution in [0, 0.1) is 13.8 Å². The van der Waals surface area contributed by atoms with Crippen molar-refractivity contribution in [3.63, 3.8) is 0 Å². The van der Waals surface area contributed by atoms with Crippen LogP contribution in [0.5, 0.6) is 0 Å². The maximum absolute atomic E-state index is 12.5. The third-order valence-electron chi connectivity index (χ3n) is 3.74. The van der Waals surface area contributed by atoms with Crippen molar-refractivity contribution in [1.29, 1.82) is 0 Å². The molecule has 0 bridgehead atoms. The first-order valence-electron chi connectivity index (χ1n) is 6.75. The monoisotopic (exact) mass is 334 g/mol. The molecule has 1 aromatic heterocycles. The number of hydrogen-bond donors (Lipinski definition) is 0. The molecule has 0 amide bonds. The molecule has 1 aromatic carbocycles. The molecular formula is C16H19BrN2O. The highest BCUT2D eigenvalue weighted by Crippen LogP contribution is 2.24. The molecule has 0 N–H and O–H groups in total. The van der Waals surface area contributed by atoms with E-state index in [0.29, 0.717) is 6.42 Å². The second-order valence-electron chi connectivity index (χ2n) is 5.03. The van der Waals surface area contributed by atoms with Gasteiger partial charge in [0.2, 0.25) is 0 Å². The van der Waals surface area contributed by atoms with Crippen LogP contribution in [0.4, 0.5) is 0 Å². The highest BCUT2D eigenvalue weighted by molar-refractivity contribution is 9.10. The number of ketones is 1. The molecule has 2 rings (SSSR count). The Morgan fingerprint density at radius 1 is 1.35 bits per heavy atom. The molecule has 0 saturated heterocycles. The number of carbonyl (C=O) groups is 1. The number of benzene rings is 1. The van der Waals surface area contributed by atoms with Gasteiger partial charge in [0.05, 0.1) is 22.3 Å².